The molecule has 0 aliphatic carbocycles. The second kappa shape index (κ2) is 7.09. The molecular weight excluding hydrogens is 348 g/mol. The molecule has 1 aromatic rings. The Hall–Kier alpha value is -2.00. The van der Waals surface area contributed by atoms with Crippen molar-refractivity contribution in [3.8, 4) is 11.5 Å². The number of hydrogen-bond donors (Lipinski definition) is 0. The smallest absolute Gasteiger partial charge is 0.246 e. The monoisotopic (exact) mass is 370 g/mol. The second-order valence-corrected chi connectivity index (χ2v) is 7.86. The third-order valence-electron chi connectivity index (χ3n) is 4.17. The average molecular weight is 370 g/mol. The Bertz CT molecular complexity index is 745. The Morgan fingerprint density at radius 2 is 1.76 bits per heavy atom. The van der Waals surface area contributed by atoms with Crippen LogP contribution in [0.4, 0.5) is 5.69 Å². The maximum Gasteiger partial charge on any atom is 0.246 e. The van der Waals surface area contributed by atoms with Crippen LogP contribution in [0.2, 0.25) is 0 Å². The van der Waals surface area contributed by atoms with Crippen LogP contribution in [0, 0.1) is 0 Å². The summed E-state index contributed by atoms with van der Waals surface area (Å²) in [6.07, 6.45) is 1.09. The van der Waals surface area contributed by atoms with Gasteiger partial charge in [0.05, 0.1) is 25.2 Å². The molecule has 1 unspecified atom stereocenters. The average Bonchev–Trinajstić information content (AvgIpc) is 2.60. The van der Waals surface area contributed by atoms with Gasteiger partial charge < -0.3 is 19.1 Å². The molecule has 1 saturated heterocycles. The highest BCUT2D eigenvalue weighted by atomic mass is 32.2. The number of morpholine rings is 1. The lowest BCUT2D eigenvalue weighted by Crippen LogP contribution is -2.52. The minimum atomic E-state index is -3.67. The number of ether oxygens (including phenoxy) is 3. The number of nitrogens with zero attached hydrogens (tertiary/aromatic N) is 2. The number of carbonyl (C=O) groups is 1. The second-order valence-electron chi connectivity index (χ2n) is 6.00. The van der Waals surface area contributed by atoms with Crippen molar-refractivity contribution in [2.24, 2.45) is 0 Å². The van der Waals surface area contributed by atoms with Crippen LogP contribution in [-0.2, 0) is 19.6 Å². The fraction of sp³-hybridized carbons (Fsp3) is 0.562. The van der Waals surface area contributed by atoms with Gasteiger partial charge in [-0.2, -0.15) is 0 Å². The number of fused-ring (bicyclic) bond motifs is 1. The summed E-state index contributed by atoms with van der Waals surface area (Å²) in [4.78, 5) is 14.4. The lowest BCUT2D eigenvalue weighted by molar-refractivity contribution is -0.136. The standard InChI is InChI=1S/C16H22N2O6S/c1-12(16(19)17-5-7-22-8-6-17)18(25(2,20)21)13-3-4-14-15(11-13)24-10-9-23-14/h3-4,11-12H,5-10H2,1-2H3. The molecule has 9 heteroatoms. The first-order chi connectivity index (χ1) is 11.9. The molecule has 0 aromatic heterocycles. The van der Waals surface area contributed by atoms with E-state index in [-0.39, 0.29) is 5.91 Å². The van der Waals surface area contributed by atoms with E-state index in [9.17, 15) is 13.2 Å². The van der Waals surface area contributed by atoms with Crippen molar-refractivity contribution in [1.82, 2.24) is 4.90 Å². The number of sulfonamides is 1. The lowest BCUT2D eigenvalue weighted by atomic mass is 10.2. The first-order valence-corrected chi connectivity index (χ1v) is 9.98. The van der Waals surface area contributed by atoms with Crippen LogP contribution in [-0.4, -0.2) is 71.0 Å². The highest BCUT2D eigenvalue weighted by Gasteiger charge is 2.33. The highest BCUT2D eigenvalue weighted by molar-refractivity contribution is 7.92. The molecule has 0 N–H and O–H groups in total. The zero-order valence-corrected chi connectivity index (χ0v) is 15.1. The topological polar surface area (TPSA) is 85.4 Å². The molecule has 1 aromatic carbocycles. The van der Waals surface area contributed by atoms with Crippen LogP contribution in [0.3, 0.4) is 0 Å². The largest absolute Gasteiger partial charge is 0.486 e. The molecular formula is C16H22N2O6S. The summed E-state index contributed by atoms with van der Waals surface area (Å²) >= 11 is 0. The molecule has 0 radical (unpaired) electrons. The van der Waals surface area contributed by atoms with Crippen molar-refractivity contribution in [2.75, 3.05) is 50.1 Å². The number of benzene rings is 1. The van der Waals surface area contributed by atoms with Gasteiger partial charge in [0.15, 0.2) is 11.5 Å². The lowest BCUT2D eigenvalue weighted by Gasteiger charge is -2.34. The van der Waals surface area contributed by atoms with Gasteiger partial charge in [-0.3, -0.25) is 9.10 Å². The van der Waals surface area contributed by atoms with Crippen LogP contribution in [0.1, 0.15) is 6.92 Å². The van der Waals surface area contributed by atoms with E-state index >= 15 is 0 Å². The van der Waals surface area contributed by atoms with E-state index in [4.69, 9.17) is 14.2 Å². The van der Waals surface area contributed by atoms with Crippen LogP contribution < -0.4 is 13.8 Å². The normalized spacial score (nSPS) is 18.6. The van der Waals surface area contributed by atoms with Crippen molar-refractivity contribution in [3.05, 3.63) is 18.2 Å². The molecule has 1 fully saturated rings. The molecule has 8 nitrogen and oxygen atoms in total. The maximum absolute atomic E-state index is 12.8. The fourth-order valence-corrected chi connectivity index (χ4v) is 4.18. The van der Waals surface area contributed by atoms with E-state index in [1.807, 2.05) is 0 Å². The Morgan fingerprint density at radius 3 is 2.40 bits per heavy atom. The van der Waals surface area contributed by atoms with E-state index in [1.54, 1.807) is 30.0 Å². The van der Waals surface area contributed by atoms with Gasteiger partial charge in [-0.25, -0.2) is 8.42 Å². The first-order valence-electron chi connectivity index (χ1n) is 8.13. The van der Waals surface area contributed by atoms with Gasteiger partial charge in [0.2, 0.25) is 15.9 Å². The summed E-state index contributed by atoms with van der Waals surface area (Å²) in [5, 5.41) is 0. The molecule has 0 spiro atoms. The van der Waals surface area contributed by atoms with Gasteiger partial charge >= 0.3 is 0 Å². The number of amides is 1. The summed E-state index contributed by atoms with van der Waals surface area (Å²) in [7, 11) is -3.67. The third kappa shape index (κ3) is 3.82. The van der Waals surface area contributed by atoms with Crippen molar-refractivity contribution in [2.45, 2.75) is 13.0 Å². The minimum Gasteiger partial charge on any atom is -0.486 e. The third-order valence-corrected chi connectivity index (χ3v) is 5.41. The Morgan fingerprint density at radius 1 is 1.12 bits per heavy atom. The van der Waals surface area contributed by atoms with E-state index < -0.39 is 16.1 Å². The van der Waals surface area contributed by atoms with E-state index in [1.165, 1.54) is 0 Å². The Labute approximate surface area is 147 Å². The zero-order chi connectivity index (χ0) is 18.0. The van der Waals surface area contributed by atoms with Crippen LogP contribution in [0.25, 0.3) is 0 Å². The SMILES string of the molecule is CC(C(=O)N1CCOCC1)N(c1ccc2c(c1)OCCO2)S(C)(=O)=O. The van der Waals surface area contributed by atoms with Gasteiger partial charge in [0.25, 0.3) is 0 Å². The number of anilines is 1. The van der Waals surface area contributed by atoms with E-state index in [2.05, 4.69) is 0 Å². The van der Waals surface area contributed by atoms with Crippen molar-refractivity contribution in [3.63, 3.8) is 0 Å². The zero-order valence-electron chi connectivity index (χ0n) is 14.3. The molecule has 2 aliphatic rings. The summed E-state index contributed by atoms with van der Waals surface area (Å²) in [6.45, 7) is 4.29. The Kier molecular flexibility index (Phi) is 5.05. The first kappa shape index (κ1) is 17.8. The fourth-order valence-electron chi connectivity index (χ4n) is 3.02. The molecule has 2 aliphatic heterocycles. The highest BCUT2D eigenvalue weighted by Crippen LogP contribution is 2.35. The predicted molar refractivity (Wildman–Crippen MR) is 91.6 cm³/mol. The number of hydrogen-bond acceptors (Lipinski definition) is 6. The molecule has 0 saturated carbocycles. The molecule has 2 heterocycles. The molecule has 25 heavy (non-hydrogen) atoms. The van der Waals surface area contributed by atoms with Crippen molar-refractivity contribution >= 4 is 21.6 Å². The van der Waals surface area contributed by atoms with Crippen LogP contribution in [0.15, 0.2) is 18.2 Å². The summed E-state index contributed by atoms with van der Waals surface area (Å²) in [6, 6.07) is 4.01. The molecule has 3 rings (SSSR count). The maximum atomic E-state index is 12.8. The van der Waals surface area contributed by atoms with Gasteiger partial charge in [0, 0.05) is 19.2 Å². The van der Waals surface area contributed by atoms with E-state index in [0.717, 1.165) is 10.6 Å². The molecule has 1 amide bonds. The minimum absolute atomic E-state index is 0.247. The van der Waals surface area contributed by atoms with E-state index in [0.29, 0.717) is 56.7 Å². The molecule has 0 bridgehead atoms. The van der Waals surface area contributed by atoms with Gasteiger partial charge in [-0.05, 0) is 19.1 Å². The predicted octanol–water partition coefficient (Wildman–Crippen LogP) is 0.471. The van der Waals surface area contributed by atoms with Crippen LogP contribution >= 0.6 is 0 Å². The van der Waals surface area contributed by atoms with Crippen LogP contribution in [0.5, 0.6) is 11.5 Å². The number of rotatable bonds is 4. The Balaban J connectivity index is 1.91. The van der Waals surface area contributed by atoms with Gasteiger partial charge in [-0.1, -0.05) is 0 Å². The summed E-state index contributed by atoms with van der Waals surface area (Å²) in [5.41, 5.74) is 0.376. The van der Waals surface area contributed by atoms with Crippen molar-refractivity contribution in [1.29, 1.82) is 0 Å². The summed E-state index contributed by atoms with van der Waals surface area (Å²) in [5.74, 6) is 0.794. The summed E-state index contributed by atoms with van der Waals surface area (Å²) < 4.78 is 42.1. The molecule has 138 valence electrons. The van der Waals surface area contributed by atoms with Gasteiger partial charge in [-0.15, -0.1) is 0 Å². The molecule has 1 atom stereocenters. The number of carbonyl (C=O) groups excluding carboxylic acids is 1. The van der Waals surface area contributed by atoms with Crippen molar-refractivity contribution < 1.29 is 27.4 Å². The van der Waals surface area contributed by atoms with Gasteiger partial charge in [0.1, 0.15) is 19.3 Å². The quantitative estimate of drug-likeness (QED) is 0.766.